The minimum absolute atomic E-state index is 0.373. The van der Waals surface area contributed by atoms with Crippen LogP contribution in [0.15, 0.2) is 29.2 Å². The molecule has 5 heteroatoms. The third kappa shape index (κ3) is 3.79. The van der Waals surface area contributed by atoms with Crippen LogP contribution in [0.25, 0.3) is 0 Å². The Morgan fingerprint density at radius 1 is 1.18 bits per heavy atom. The molecule has 0 bridgehead atoms. The summed E-state index contributed by atoms with van der Waals surface area (Å²) in [6.45, 7) is 4.98. The van der Waals surface area contributed by atoms with Crippen LogP contribution in [0.1, 0.15) is 18.9 Å². The Morgan fingerprint density at radius 3 is 2.24 bits per heavy atom. The van der Waals surface area contributed by atoms with Crippen LogP contribution in [-0.2, 0) is 10.0 Å². The van der Waals surface area contributed by atoms with E-state index in [-0.39, 0.29) is 0 Å². The first-order chi connectivity index (χ1) is 8.02. The van der Waals surface area contributed by atoms with Gasteiger partial charge in [-0.2, -0.15) is 4.31 Å². The van der Waals surface area contributed by atoms with Gasteiger partial charge < -0.3 is 0 Å². The maximum atomic E-state index is 12.3. The van der Waals surface area contributed by atoms with Gasteiger partial charge in [0.15, 0.2) is 0 Å². The SMILES string of the molecule is CCCN(CCBr)S(=O)(=O)c1ccc(C)cc1. The van der Waals surface area contributed by atoms with Crippen LogP contribution < -0.4 is 0 Å². The van der Waals surface area contributed by atoms with E-state index in [1.807, 2.05) is 26.0 Å². The number of alkyl halides is 1. The van der Waals surface area contributed by atoms with Gasteiger partial charge in [-0.1, -0.05) is 40.5 Å². The molecule has 0 heterocycles. The summed E-state index contributed by atoms with van der Waals surface area (Å²) in [5.41, 5.74) is 1.06. The number of sulfonamides is 1. The Kier molecular flexibility index (Phi) is 5.62. The molecule has 1 aromatic carbocycles. The van der Waals surface area contributed by atoms with E-state index in [2.05, 4.69) is 15.9 Å². The zero-order valence-electron chi connectivity index (χ0n) is 10.2. The zero-order valence-corrected chi connectivity index (χ0v) is 12.6. The minimum Gasteiger partial charge on any atom is -0.207 e. The molecule has 0 saturated carbocycles. The van der Waals surface area contributed by atoms with E-state index in [1.54, 1.807) is 12.1 Å². The normalized spacial score (nSPS) is 12.0. The van der Waals surface area contributed by atoms with Crippen molar-refractivity contribution >= 4 is 26.0 Å². The fraction of sp³-hybridized carbons (Fsp3) is 0.500. The second kappa shape index (κ2) is 6.52. The Hall–Kier alpha value is -0.390. The average Bonchev–Trinajstić information content (AvgIpc) is 2.29. The van der Waals surface area contributed by atoms with E-state index in [0.717, 1.165) is 12.0 Å². The van der Waals surface area contributed by atoms with E-state index < -0.39 is 10.0 Å². The lowest BCUT2D eigenvalue weighted by Crippen LogP contribution is -2.33. The highest BCUT2D eigenvalue weighted by Gasteiger charge is 2.22. The molecule has 96 valence electrons. The molecule has 0 aliphatic heterocycles. The number of aryl methyl sites for hydroxylation is 1. The van der Waals surface area contributed by atoms with Gasteiger partial charge in [-0.25, -0.2) is 8.42 Å². The predicted octanol–water partition coefficient (Wildman–Crippen LogP) is 2.79. The van der Waals surface area contributed by atoms with Crippen molar-refractivity contribution in [1.82, 2.24) is 4.31 Å². The van der Waals surface area contributed by atoms with Gasteiger partial charge in [-0.05, 0) is 25.5 Å². The summed E-state index contributed by atoms with van der Waals surface area (Å²) in [6, 6.07) is 6.99. The molecule has 17 heavy (non-hydrogen) atoms. The molecule has 0 fully saturated rings. The largest absolute Gasteiger partial charge is 0.243 e. The average molecular weight is 320 g/mol. The van der Waals surface area contributed by atoms with Gasteiger partial charge in [0.05, 0.1) is 4.90 Å². The Morgan fingerprint density at radius 2 is 1.76 bits per heavy atom. The molecular formula is C12H18BrNO2S. The third-order valence-corrected chi connectivity index (χ3v) is 4.73. The molecule has 1 aromatic rings. The van der Waals surface area contributed by atoms with Crippen molar-refractivity contribution in [2.24, 2.45) is 0 Å². The highest BCUT2D eigenvalue weighted by Crippen LogP contribution is 2.16. The van der Waals surface area contributed by atoms with Crippen LogP contribution in [0.5, 0.6) is 0 Å². The van der Waals surface area contributed by atoms with Crippen LogP contribution in [-0.4, -0.2) is 31.1 Å². The monoisotopic (exact) mass is 319 g/mol. The lowest BCUT2D eigenvalue weighted by molar-refractivity contribution is 0.430. The maximum absolute atomic E-state index is 12.3. The Labute approximate surface area is 112 Å². The van der Waals surface area contributed by atoms with Crippen molar-refractivity contribution in [2.75, 3.05) is 18.4 Å². The van der Waals surface area contributed by atoms with Gasteiger partial charge in [0.25, 0.3) is 0 Å². The number of nitrogens with zero attached hydrogens (tertiary/aromatic N) is 1. The van der Waals surface area contributed by atoms with Crippen LogP contribution in [0, 0.1) is 6.92 Å². The summed E-state index contributed by atoms with van der Waals surface area (Å²) in [6.07, 6.45) is 0.818. The van der Waals surface area contributed by atoms with E-state index in [4.69, 9.17) is 0 Å². The van der Waals surface area contributed by atoms with Gasteiger partial charge in [-0.15, -0.1) is 0 Å². The van der Waals surface area contributed by atoms with Crippen LogP contribution in [0.3, 0.4) is 0 Å². The maximum Gasteiger partial charge on any atom is 0.243 e. The predicted molar refractivity (Wildman–Crippen MR) is 74.0 cm³/mol. The fourth-order valence-corrected chi connectivity index (χ4v) is 3.75. The molecule has 0 spiro atoms. The third-order valence-electron chi connectivity index (χ3n) is 2.47. The summed E-state index contributed by atoms with van der Waals surface area (Å²) in [5, 5.41) is 0.651. The van der Waals surface area contributed by atoms with E-state index in [9.17, 15) is 8.42 Å². The fourth-order valence-electron chi connectivity index (χ4n) is 1.56. The molecule has 0 atom stereocenters. The summed E-state index contributed by atoms with van der Waals surface area (Å²) >= 11 is 3.29. The number of rotatable bonds is 6. The summed E-state index contributed by atoms with van der Waals surface area (Å²) in [7, 11) is -3.34. The van der Waals surface area contributed by atoms with Gasteiger partial charge in [0, 0.05) is 18.4 Å². The summed E-state index contributed by atoms with van der Waals surface area (Å²) in [5.74, 6) is 0. The first-order valence-corrected chi connectivity index (χ1v) is 8.21. The minimum atomic E-state index is -3.34. The van der Waals surface area contributed by atoms with Crippen LogP contribution in [0.2, 0.25) is 0 Å². The molecule has 0 N–H and O–H groups in total. The second-order valence-electron chi connectivity index (χ2n) is 3.91. The molecular weight excluding hydrogens is 302 g/mol. The highest BCUT2D eigenvalue weighted by atomic mass is 79.9. The molecule has 0 radical (unpaired) electrons. The van der Waals surface area contributed by atoms with Crippen molar-refractivity contribution in [1.29, 1.82) is 0 Å². The lowest BCUT2D eigenvalue weighted by Gasteiger charge is -2.20. The molecule has 0 amide bonds. The standard InChI is InChI=1S/C12H18BrNO2S/c1-3-9-14(10-8-13)17(15,16)12-6-4-11(2)5-7-12/h4-7H,3,8-10H2,1-2H3. The molecule has 3 nitrogen and oxygen atoms in total. The number of halogens is 1. The molecule has 0 unspecified atom stereocenters. The van der Waals surface area contributed by atoms with Crippen LogP contribution in [0.4, 0.5) is 0 Å². The van der Waals surface area contributed by atoms with Gasteiger partial charge in [-0.3, -0.25) is 0 Å². The van der Waals surface area contributed by atoms with E-state index >= 15 is 0 Å². The number of hydrogen-bond donors (Lipinski definition) is 0. The molecule has 0 aliphatic carbocycles. The van der Waals surface area contributed by atoms with E-state index in [1.165, 1.54) is 4.31 Å². The quantitative estimate of drug-likeness (QED) is 0.756. The highest BCUT2D eigenvalue weighted by molar-refractivity contribution is 9.09. The van der Waals surface area contributed by atoms with Crippen molar-refractivity contribution in [3.05, 3.63) is 29.8 Å². The van der Waals surface area contributed by atoms with Crippen molar-refractivity contribution in [2.45, 2.75) is 25.2 Å². The first kappa shape index (κ1) is 14.7. The van der Waals surface area contributed by atoms with E-state index in [0.29, 0.717) is 23.3 Å². The molecule has 1 rings (SSSR count). The topological polar surface area (TPSA) is 37.4 Å². The molecule has 0 saturated heterocycles. The van der Waals surface area contributed by atoms with Gasteiger partial charge >= 0.3 is 0 Å². The molecule has 0 aliphatic rings. The zero-order chi connectivity index (χ0) is 12.9. The summed E-state index contributed by atoms with van der Waals surface area (Å²) in [4.78, 5) is 0.373. The first-order valence-electron chi connectivity index (χ1n) is 5.65. The smallest absolute Gasteiger partial charge is 0.207 e. The Bertz CT molecular complexity index is 436. The van der Waals surface area contributed by atoms with Crippen molar-refractivity contribution < 1.29 is 8.42 Å². The van der Waals surface area contributed by atoms with Gasteiger partial charge in [0.2, 0.25) is 10.0 Å². The van der Waals surface area contributed by atoms with Gasteiger partial charge in [0.1, 0.15) is 0 Å². The summed E-state index contributed by atoms with van der Waals surface area (Å²) < 4.78 is 26.2. The number of benzene rings is 1. The van der Waals surface area contributed by atoms with Crippen molar-refractivity contribution in [3.63, 3.8) is 0 Å². The van der Waals surface area contributed by atoms with Crippen molar-refractivity contribution in [3.8, 4) is 0 Å². The number of hydrogen-bond acceptors (Lipinski definition) is 2. The second-order valence-corrected chi connectivity index (χ2v) is 6.64. The Balaban J connectivity index is 3.02. The lowest BCUT2D eigenvalue weighted by atomic mass is 10.2. The molecule has 0 aromatic heterocycles. The van der Waals surface area contributed by atoms with Crippen LogP contribution >= 0.6 is 15.9 Å².